The average Bonchev–Trinajstić information content (AvgIpc) is 2.70. The summed E-state index contributed by atoms with van der Waals surface area (Å²) >= 11 is 0. The molecule has 0 radical (unpaired) electrons. The molecule has 0 saturated carbocycles. The Balaban J connectivity index is 2.05. The normalized spacial score (nSPS) is 19.3. The van der Waals surface area contributed by atoms with E-state index in [1.807, 2.05) is 13.8 Å². The molecule has 1 aliphatic rings. The van der Waals surface area contributed by atoms with Crippen LogP contribution in [0.1, 0.15) is 33.1 Å². The van der Waals surface area contributed by atoms with Crippen LogP contribution in [-0.4, -0.2) is 33.5 Å². The summed E-state index contributed by atoms with van der Waals surface area (Å²) in [4.78, 5) is 12.0. The van der Waals surface area contributed by atoms with Crippen LogP contribution >= 0.6 is 0 Å². The molecular formula is C16H24N2O4S. The Labute approximate surface area is 137 Å². The van der Waals surface area contributed by atoms with Crippen LogP contribution in [0.5, 0.6) is 5.75 Å². The van der Waals surface area contributed by atoms with Gasteiger partial charge in [0.25, 0.3) is 0 Å². The van der Waals surface area contributed by atoms with Crippen LogP contribution < -0.4 is 14.8 Å². The van der Waals surface area contributed by atoms with Crippen molar-refractivity contribution in [1.82, 2.24) is 10.0 Å². The monoisotopic (exact) mass is 340 g/mol. The minimum atomic E-state index is -3.72. The molecule has 23 heavy (non-hydrogen) atoms. The summed E-state index contributed by atoms with van der Waals surface area (Å²) in [6.07, 6.45) is 2.19. The molecule has 1 saturated heterocycles. The lowest BCUT2D eigenvalue weighted by atomic mass is 10.1. The van der Waals surface area contributed by atoms with Gasteiger partial charge in [0.05, 0.1) is 11.5 Å². The molecule has 128 valence electrons. The molecule has 1 aliphatic heterocycles. The Morgan fingerprint density at radius 2 is 1.96 bits per heavy atom. The van der Waals surface area contributed by atoms with Crippen LogP contribution in [-0.2, 0) is 14.8 Å². The van der Waals surface area contributed by atoms with Gasteiger partial charge in [0, 0.05) is 6.54 Å². The quantitative estimate of drug-likeness (QED) is 0.825. The van der Waals surface area contributed by atoms with Crippen molar-refractivity contribution < 1.29 is 17.9 Å². The van der Waals surface area contributed by atoms with Crippen molar-refractivity contribution in [2.24, 2.45) is 5.92 Å². The highest BCUT2D eigenvalue weighted by atomic mass is 32.2. The summed E-state index contributed by atoms with van der Waals surface area (Å²) in [5.41, 5.74) is 0. The van der Waals surface area contributed by atoms with E-state index in [9.17, 15) is 13.2 Å². The van der Waals surface area contributed by atoms with E-state index in [0.717, 1.165) is 12.8 Å². The van der Waals surface area contributed by atoms with Gasteiger partial charge in [0.15, 0.2) is 0 Å². The van der Waals surface area contributed by atoms with E-state index in [0.29, 0.717) is 31.2 Å². The molecule has 1 aromatic carbocycles. The second kappa shape index (κ2) is 7.79. The van der Waals surface area contributed by atoms with Gasteiger partial charge in [-0.05, 0) is 49.4 Å². The molecular weight excluding hydrogens is 316 g/mol. The fourth-order valence-corrected chi connectivity index (χ4v) is 3.51. The number of hydrogen-bond acceptors (Lipinski definition) is 4. The molecule has 0 bridgehead atoms. The summed E-state index contributed by atoms with van der Waals surface area (Å²) < 4.78 is 32.8. The van der Waals surface area contributed by atoms with Crippen molar-refractivity contribution in [3.05, 3.63) is 24.3 Å². The lowest BCUT2D eigenvalue weighted by molar-refractivity contribution is -0.122. The van der Waals surface area contributed by atoms with Crippen molar-refractivity contribution in [1.29, 1.82) is 0 Å². The summed E-state index contributed by atoms with van der Waals surface area (Å²) in [6, 6.07) is 5.53. The maximum atomic E-state index is 12.4. The molecule has 0 aromatic heterocycles. The highest BCUT2D eigenvalue weighted by Gasteiger charge is 2.26. The van der Waals surface area contributed by atoms with Crippen molar-refractivity contribution in [2.45, 2.75) is 44.0 Å². The first-order chi connectivity index (χ1) is 10.9. The fraction of sp³-hybridized carbons (Fsp3) is 0.562. The van der Waals surface area contributed by atoms with E-state index in [2.05, 4.69) is 10.0 Å². The fourth-order valence-electron chi connectivity index (χ4n) is 2.29. The summed E-state index contributed by atoms with van der Waals surface area (Å²) in [6.45, 7) is 5.26. The Bertz CT molecular complexity index is 626. The molecule has 1 aromatic rings. The minimum Gasteiger partial charge on any atom is -0.493 e. The number of hydrogen-bond donors (Lipinski definition) is 2. The van der Waals surface area contributed by atoms with Gasteiger partial charge in [-0.2, -0.15) is 4.72 Å². The molecule has 1 atom stereocenters. The highest BCUT2D eigenvalue weighted by molar-refractivity contribution is 7.89. The molecule has 6 nitrogen and oxygen atoms in total. The SMILES string of the molecule is CC(C)COc1ccc(S(=O)(=O)NC2CCCCNC2=O)cc1. The number of rotatable bonds is 6. The second-order valence-electron chi connectivity index (χ2n) is 6.14. The van der Waals surface area contributed by atoms with Gasteiger partial charge in [-0.25, -0.2) is 8.42 Å². The van der Waals surface area contributed by atoms with Gasteiger partial charge in [0.1, 0.15) is 11.8 Å². The number of benzene rings is 1. The third-order valence-electron chi connectivity index (χ3n) is 3.55. The summed E-state index contributed by atoms with van der Waals surface area (Å²) in [5, 5.41) is 2.72. The second-order valence-corrected chi connectivity index (χ2v) is 7.85. The molecule has 2 N–H and O–H groups in total. The van der Waals surface area contributed by atoms with Crippen LogP contribution in [0, 0.1) is 5.92 Å². The molecule has 2 rings (SSSR count). The topological polar surface area (TPSA) is 84.5 Å². The van der Waals surface area contributed by atoms with Gasteiger partial charge >= 0.3 is 0 Å². The number of sulfonamides is 1. The van der Waals surface area contributed by atoms with E-state index < -0.39 is 16.1 Å². The lowest BCUT2D eigenvalue weighted by Gasteiger charge is -2.15. The summed E-state index contributed by atoms with van der Waals surface area (Å²) in [5.74, 6) is 0.765. The standard InChI is InChI=1S/C16H24N2O4S/c1-12(2)11-22-13-6-8-14(9-7-13)23(20,21)18-15-5-3-4-10-17-16(15)19/h6-9,12,15,18H,3-5,10-11H2,1-2H3,(H,17,19). The van der Waals surface area contributed by atoms with Gasteiger partial charge < -0.3 is 10.1 Å². The molecule has 1 fully saturated rings. The smallest absolute Gasteiger partial charge is 0.241 e. The Morgan fingerprint density at radius 1 is 1.26 bits per heavy atom. The molecule has 1 unspecified atom stereocenters. The maximum Gasteiger partial charge on any atom is 0.241 e. The van der Waals surface area contributed by atoms with Crippen LogP contribution in [0.25, 0.3) is 0 Å². The van der Waals surface area contributed by atoms with E-state index in [4.69, 9.17) is 4.74 Å². The molecule has 0 spiro atoms. The Morgan fingerprint density at radius 3 is 2.61 bits per heavy atom. The van der Waals surface area contributed by atoms with Crippen molar-refractivity contribution in [3.63, 3.8) is 0 Å². The number of carbonyl (C=O) groups excluding carboxylic acids is 1. The van der Waals surface area contributed by atoms with Crippen LogP contribution in [0.3, 0.4) is 0 Å². The van der Waals surface area contributed by atoms with Crippen LogP contribution in [0.2, 0.25) is 0 Å². The van der Waals surface area contributed by atoms with Gasteiger partial charge in [-0.1, -0.05) is 13.8 Å². The Kier molecular flexibility index (Phi) is 6.01. The van der Waals surface area contributed by atoms with Crippen molar-refractivity contribution in [3.8, 4) is 5.75 Å². The predicted octanol–water partition coefficient (Wildman–Crippen LogP) is 1.67. The molecule has 1 heterocycles. The third kappa shape index (κ3) is 5.21. The molecule has 1 amide bonds. The Hall–Kier alpha value is -1.60. The van der Waals surface area contributed by atoms with Gasteiger partial charge in [-0.15, -0.1) is 0 Å². The minimum absolute atomic E-state index is 0.131. The highest BCUT2D eigenvalue weighted by Crippen LogP contribution is 2.18. The zero-order valence-electron chi connectivity index (χ0n) is 13.5. The third-order valence-corrected chi connectivity index (χ3v) is 5.04. The van der Waals surface area contributed by atoms with Crippen molar-refractivity contribution >= 4 is 15.9 Å². The number of amides is 1. The maximum absolute atomic E-state index is 12.4. The number of ether oxygens (including phenoxy) is 1. The first kappa shape index (κ1) is 17.7. The van der Waals surface area contributed by atoms with Gasteiger partial charge in [-0.3, -0.25) is 4.79 Å². The van der Waals surface area contributed by atoms with E-state index in [1.54, 1.807) is 12.1 Å². The first-order valence-electron chi connectivity index (χ1n) is 7.91. The first-order valence-corrected chi connectivity index (χ1v) is 9.40. The average molecular weight is 340 g/mol. The van der Waals surface area contributed by atoms with E-state index in [1.165, 1.54) is 12.1 Å². The number of nitrogens with one attached hydrogen (secondary N) is 2. The molecule has 0 aliphatic carbocycles. The number of carbonyl (C=O) groups is 1. The molecule has 7 heteroatoms. The largest absolute Gasteiger partial charge is 0.493 e. The zero-order valence-corrected chi connectivity index (χ0v) is 14.4. The van der Waals surface area contributed by atoms with Crippen molar-refractivity contribution in [2.75, 3.05) is 13.2 Å². The zero-order chi connectivity index (χ0) is 16.9. The predicted molar refractivity (Wildman–Crippen MR) is 87.7 cm³/mol. The van der Waals surface area contributed by atoms with E-state index >= 15 is 0 Å². The lowest BCUT2D eigenvalue weighted by Crippen LogP contribution is -2.45. The van der Waals surface area contributed by atoms with Gasteiger partial charge in [0.2, 0.25) is 15.9 Å². The van der Waals surface area contributed by atoms with Crippen LogP contribution in [0.15, 0.2) is 29.2 Å². The van der Waals surface area contributed by atoms with Crippen LogP contribution in [0.4, 0.5) is 0 Å². The van der Waals surface area contributed by atoms with E-state index in [-0.39, 0.29) is 10.8 Å². The summed E-state index contributed by atoms with van der Waals surface area (Å²) in [7, 11) is -3.72.